The molecule has 0 radical (unpaired) electrons. The Morgan fingerprint density at radius 1 is 1.10 bits per heavy atom. The fraction of sp³-hybridized carbons (Fsp3) is 0.240. The van der Waals surface area contributed by atoms with E-state index in [1.54, 1.807) is 24.5 Å². The number of nitrogens with zero attached hydrogens (tertiary/aromatic N) is 3. The Morgan fingerprint density at radius 2 is 1.81 bits per heavy atom. The molecular weight excluding hydrogens is 404 g/mol. The van der Waals surface area contributed by atoms with E-state index in [4.69, 9.17) is 10.7 Å². The molecule has 154 valence electrons. The summed E-state index contributed by atoms with van der Waals surface area (Å²) in [6.45, 7) is 2.04. The van der Waals surface area contributed by atoms with Crippen LogP contribution in [0.3, 0.4) is 0 Å². The normalized spacial score (nSPS) is 21.6. The number of aliphatic imine (C=N–C) groups is 1. The molecular formula is C25H22N4OS. The number of rotatable bonds is 2. The molecule has 2 aliphatic rings. The molecule has 1 atom stereocenters. The molecule has 0 saturated carbocycles. The fourth-order valence-corrected chi connectivity index (χ4v) is 6.08. The van der Waals surface area contributed by atoms with E-state index in [2.05, 4.69) is 29.6 Å². The number of carbonyl (C=O) groups excluding carboxylic acids is 1. The maximum atomic E-state index is 13.7. The summed E-state index contributed by atoms with van der Waals surface area (Å²) >= 11 is 1.59. The molecule has 6 heteroatoms. The predicted octanol–water partition coefficient (Wildman–Crippen LogP) is 4.07. The largest absolute Gasteiger partial charge is 0.369 e. The lowest BCUT2D eigenvalue weighted by molar-refractivity contribution is -0.142. The van der Waals surface area contributed by atoms with Crippen molar-refractivity contribution in [1.29, 1.82) is 5.26 Å². The zero-order valence-electron chi connectivity index (χ0n) is 17.4. The first-order valence-corrected chi connectivity index (χ1v) is 11.1. The Bertz CT molecular complexity index is 1260. The van der Waals surface area contributed by atoms with Crippen LogP contribution in [0, 0.1) is 16.7 Å². The second-order valence-corrected chi connectivity index (χ2v) is 9.41. The average Bonchev–Trinajstić information content (AvgIpc) is 3.43. The number of fused-ring (bicyclic) bond motifs is 1. The van der Waals surface area contributed by atoms with Crippen LogP contribution < -0.4 is 5.73 Å². The molecule has 5 nitrogen and oxygen atoms in total. The van der Waals surface area contributed by atoms with Gasteiger partial charge in [-0.15, -0.1) is 11.3 Å². The van der Waals surface area contributed by atoms with E-state index in [1.165, 1.54) is 16.0 Å². The van der Waals surface area contributed by atoms with Gasteiger partial charge in [0.05, 0.1) is 17.0 Å². The van der Waals surface area contributed by atoms with Crippen LogP contribution in [-0.4, -0.2) is 23.8 Å². The van der Waals surface area contributed by atoms with Crippen molar-refractivity contribution in [2.75, 3.05) is 7.05 Å². The molecule has 1 aliphatic carbocycles. The number of nitrogens with two attached hydrogens (primary N) is 1. The number of carbonyl (C=O) groups is 1. The molecule has 31 heavy (non-hydrogen) atoms. The summed E-state index contributed by atoms with van der Waals surface area (Å²) in [7, 11) is 1.71. The van der Waals surface area contributed by atoms with Crippen LogP contribution in [0.15, 0.2) is 65.0 Å². The first-order valence-electron chi connectivity index (χ1n) is 10.2. The molecule has 0 bridgehead atoms. The second kappa shape index (κ2) is 6.79. The highest BCUT2D eigenvalue weighted by Gasteiger charge is 2.61. The third-order valence-electron chi connectivity index (χ3n) is 6.83. The van der Waals surface area contributed by atoms with E-state index < -0.39 is 11.0 Å². The predicted molar refractivity (Wildman–Crippen MR) is 122 cm³/mol. The van der Waals surface area contributed by atoms with Crippen molar-refractivity contribution in [3.8, 4) is 17.2 Å². The highest BCUT2D eigenvalue weighted by molar-refractivity contribution is 7.10. The Kier molecular flexibility index (Phi) is 4.28. The molecule has 2 N–H and O–H groups in total. The lowest BCUT2D eigenvalue weighted by atomic mass is 9.65. The van der Waals surface area contributed by atoms with E-state index >= 15 is 0 Å². The molecule has 1 amide bonds. The maximum absolute atomic E-state index is 13.7. The van der Waals surface area contributed by atoms with Crippen molar-refractivity contribution in [2.45, 2.75) is 25.3 Å². The van der Waals surface area contributed by atoms with Crippen LogP contribution in [0.25, 0.3) is 11.1 Å². The Balaban J connectivity index is 1.65. The molecule has 2 aromatic carbocycles. The number of guanidine groups is 1. The molecule has 1 aliphatic heterocycles. The van der Waals surface area contributed by atoms with E-state index in [0.717, 1.165) is 16.0 Å². The quantitative estimate of drug-likeness (QED) is 0.670. The first kappa shape index (κ1) is 19.5. The molecule has 1 unspecified atom stereocenters. The third-order valence-corrected chi connectivity index (χ3v) is 7.98. The number of hydrogen-bond donors (Lipinski definition) is 1. The summed E-state index contributed by atoms with van der Waals surface area (Å²) in [6, 6.07) is 20.1. The molecule has 2 heterocycles. The smallest absolute Gasteiger partial charge is 0.238 e. The summed E-state index contributed by atoms with van der Waals surface area (Å²) in [6.07, 6.45) is 1.27. The van der Waals surface area contributed by atoms with Crippen LogP contribution in [0.4, 0.5) is 0 Å². The number of hydrogen-bond acceptors (Lipinski definition) is 5. The lowest BCUT2D eigenvalue weighted by Crippen LogP contribution is -2.61. The van der Waals surface area contributed by atoms with Crippen molar-refractivity contribution < 1.29 is 4.79 Å². The van der Waals surface area contributed by atoms with Gasteiger partial charge in [0.15, 0.2) is 5.96 Å². The zero-order chi connectivity index (χ0) is 21.8. The van der Waals surface area contributed by atoms with Crippen LogP contribution in [0.2, 0.25) is 0 Å². The fourth-order valence-electron chi connectivity index (χ4n) is 4.96. The van der Waals surface area contributed by atoms with Crippen LogP contribution in [0.5, 0.6) is 0 Å². The summed E-state index contributed by atoms with van der Waals surface area (Å²) in [5, 5.41) is 11.3. The van der Waals surface area contributed by atoms with Crippen LogP contribution in [0.1, 0.15) is 28.5 Å². The van der Waals surface area contributed by atoms with Crippen LogP contribution >= 0.6 is 11.3 Å². The van der Waals surface area contributed by atoms with Crippen molar-refractivity contribution in [3.05, 3.63) is 81.5 Å². The number of amides is 1. The molecule has 0 fully saturated rings. The SMILES string of the molecule is CN1C(=O)C2(Cc3ccccc3C2)C(C)(c2cc(-c3cccc(C#N)c3)cs2)N=C1N. The monoisotopic (exact) mass is 426 g/mol. The van der Waals surface area contributed by atoms with Gasteiger partial charge in [0.2, 0.25) is 5.91 Å². The molecule has 3 aromatic rings. The van der Waals surface area contributed by atoms with Crippen molar-refractivity contribution in [3.63, 3.8) is 0 Å². The maximum Gasteiger partial charge on any atom is 0.238 e. The minimum absolute atomic E-state index is 0.0140. The van der Waals surface area contributed by atoms with Crippen molar-refractivity contribution >= 4 is 23.2 Å². The Hall–Kier alpha value is -3.43. The van der Waals surface area contributed by atoms with Gasteiger partial charge in [0, 0.05) is 11.9 Å². The topological polar surface area (TPSA) is 82.5 Å². The first-order chi connectivity index (χ1) is 14.9. The van der Waals surface area contributed by atoms with Gasteiger partial charge < -0.3 is 5.73 Å². The zero-order valence-corrected chi connectivity index (χ0v) is 18.2. The third kappa shape index (κ3) is 2.74. The summed E-state index contributed by atoms with van der Waals surface area (Å²) in [5.41, 5.74) is 9.73. The van der Waals surface area contributed by atoms with Crippen molar-refractivity contribution in [2.24, 2.45) is 16.1 Å². The standard InChI is InChI=1S/C25H22N4OS/c1-24(21-11-20(15-31-21)17-9-5-6-16(10-17)14-26)25(22(30)29(2)23(27)28-24)12-18-7-3-4-8-19(18)13-25/h3-11,15H,12-13H2,1-2H3,(H2,27,28). The number of thiophene rings is 1. The molecule has 5 rings (SSSR count). The molecule has 1 aromatic heterocycles. The van der Waals surface area contributed by atoms with Gasteiger partial charge in [-0.2, -0.15) is 5.26 Å². The van der Waals surface area contributed by atoms with E-state index in [9.17, 15) is 10.1 Å². The second-order valence-electron chi connectivity index (χ2n) is 8.50. The summed E-state index contributed by atoms with van der Waals surface area (Å²) in [5.74, 6) is 0.260. The molecule has 1 spiro atoms. The van der Waals surface area contributed by atoms with Crippen molar-refractivity contribution in [1.82, 2.24) is 4.90 Å². The van der Waals surface area contributed by atoms with Gasteiger partial charge in [0.25, 0.3) is 0 Å². The Morgan fingerprint density at radius 3 is 2.48 bits per heavy atom. The van der Waals surface area contributed by atoms with Gasteiger partial charge in [-0.1, -0.05) is 36.4 Å². The van der Waals surface area contributed by atoms with Gasteiger partial charge >= 0.3 is 0 Å². The summed E-state index contributed by atoms with van der Waals surface area (Å²) in [4.78, 5) is 21.1. The van der Waals surface area contributed by atoms with Crippen LogP contribution in [-0.2, 0) is 23.2 Å². The van der Waals surface area contributed by atoms with Gasteiger partial charge in [-0.3, -0.25) is 9.69 Å². The Labute approximate surface area is 185 Å². The summed E-state index contributed by atoms with van der Waals surface area (Å²) < 4.78 is 0. The van der Waals surface area contributed by atoms with E-state index in [-0.39, 0.29) is 11.9 Å². The minimum atomic E-state index is -0.782. The van der Waals surface area contributed by atoms with E-state index in [1.807, 2.05) is 37.3 Å². The molecule has 0 saturated heterocycles. The highest BCUT2D eigenvalue weighted by Crippen LogP contribution is 2.56. The number of benzene rings is 2. The average molecular weight is 427 g/mol. The minimum Gasteiger partial charge on any atom is -0.369 e. The van der Waals surface area contributed by atoms with Gasteiger partial charge in [-0.25, -0.2) is 4.99 Å². The van der Waals surface area contributed by atoms with Gasteiger partial charge in [0.1, 0.15) is 5.54 Å². The van der Waals surface area contributed by atoms with E-state index in [0.29, 0.717) is 18.4 Å². The van der Waals surface area contributed by atoms with Gasteiger partial charge in [-0.05, 0) is 65.6 Å². The number of nitriles is 1. The lowest BCUT2D eigenvalue weighted by Gasteiger charge is -2.47. The highest BCUT2D eigenvalue weighted by atomic mass is 32.1.